The van der Waals surface area contributed by atoms with Crippen LogP contribution in [0, 0.1) is 5.41 Å². The van der Waals surface area contributed by atoms with Crippen LogP contribution in [-0.4, -0.2) is 41.7 Å². The highest BCUT2D eigenvalue weighted by atomic mass is 16.2. The van der Waals surface area contributed by atoms with Crippen LogP contribution in [-0.2, 0) is 0 Å². The van der Waals surface area contributed by atoms with E-state index in [-0.39, 0.29) is 17.1 Å². The maximum atomic E-state index is 12.4. The van der Waals surface area contributed by atoms with Gasteiger partial charge in [0.15, 0.2) is 5.78 Å². The van der Waals surface area contributed by atoms with E-state index in [9.17, 15) is 9.59 Å². The largest absolute Gasteiger partial charge is 0.367 e. The van der Waals surface area contributed by atoms with Gasteiger partial charge in [-0.3, -0.25) is 9.59 Å². The Hall–Kier alpha value is -2.40. The molecule has 1 amide bonds. The van der Waals surface area contributed by atoms with Crippen LogP contribution in [0.4, 0.5) is 0 Å². The molecule has 0 radical (unpaired) electrons. The van der Waals surface area contributed by atoms with Crippen molar-refractivity contribution < 1.29 is 9.59 Å². The summed E-state index contributed by atoms with van der Waals surface area (Å²) in [5, 5.41) is 0. The van der Waals surface area contributed by atoms with E-state index in [4.69, 9.17) is 5.73 Å². The summed E-state index contributed by atoms with van der Waals surface area (Å²) in [6.07, 6.45) is 3.36. The van der Waals surface area contributed by atoms with Gasteiger partial charge < -0.3 is 15.6 Å². The quantitative estimate of drug-likeness (QED) is 0.803. The first kappa shape index (κ1) is 17.0. The standard InChI is InChI=1S/C18H23N3O2/c1-18(2,11-19)12-21(3)17(23)14-6-4-13(5-7-14)16(22)15-8-9-20-10-15/h4-10,20H,11-12,19H2,1-3H3. The van der Waals surface area contributed by atoms with Crippen LogP contribution in [0.1, 0.15) is 40.1 Å². The first-order valence-electron chi connectivity index (χ1n) is 7.57. The third-order valence-electron chi connectivity index (χ3n) is 3.82. The minimum Gasteiger partial charge on any atom is -0.367 e. The van der Waals surface area contributed by atoms with Gasteiger partial charge >= 0.3 is 0 Å². The molecule has 1 heterocycles. The zero-order valence-electron chi connectivity index (χ0n) is 13.8. The van der Waals surface area contributed by atoms with Gasteiger partial charge in [-0.1, -0.05) is 26.0 Å². The number of ketones is 1. The maximum Gasteiger partial charge on any atom is 0.253 e. The minimum absolute atomic E-state index is 0.0668. The SMILES string of the molecule is CN(CC(C)(C)CN)C(=O)c1ccc(C(=O)c2cc[nH]c2)cc1. The van der Waals surface area contributed by atoms with Crippen LogP contribution in [0.5, 0.6) is 0 Å². The van der Waals surface area contributed by atoms with Crippen LogP contribution in [0.2, 0.25) is 0 Å². The van der Waals surface area contributed by atoms with Gasteiger partial charge in [-0.25, -0.2) is 0 Å². The molecule has 3 N–H and O–H groups in total. The van der Waals surface area contributed by atoms with E-state index in [1.807, 2.05) is 13.8 Å². The summed E-state index contributed by atoms with van der Waals surface area (Å²) in [7, 11) is 1.76. The topological polar surface area (TPSA) is 79.2 Å². The first-order chi connectivity index (χ1) is 10.8. The lowest BCUT2D eigenvalue weighted by atomic mass is 9.93. The fourth-order valence-corrected chi connectivity index (χ4v) is 2.39. The average molecular weight is 313 g/mol. The lowest BCUT2D eigenvalue weighted by Gasteiger charge is -2.29. The number of rotatable bonds is 6. The van der Waals surface area contributed by atoms with Gasteiger partial charge in [0.1, 0.15) is 0 Å². The van der Waals surface area contributed by atoms with Crippen molar-refractivity contribution in [2.75, 3.05) is 20.1 Å². The molecule has 122 valence electrons. The third kappa shape index (κ3) is 4.07. The molecule has 0 saturated carbocycles. The third-order valence-corrected chi connectivity index (χ3v) is 3.82. The Morgan fingerprint density at radius 3 is 2.22 bits per heavy atom. The molecule has 2 rings (SSSR count). The van der Waals surface area contributed by atoms with E-state index in [0.29, 0.717) is 29.8 Å². The van der Waals surface area contributed by atoms with Crippen molar-refractivity contribution in [1.29, 1.82) is 0 Å². The van der Waals surface area contributed by atoms with Gasteiger partial charge in [0.05, 0.1) is 0 Å². The van der Waals surface area contributed by atoms with Crippen molar-refractivity contribution >= 4 is 11.7 Å². The molecule has 0 aliphatic carbocycles. The van der Waals surface area contributed by atoms with E-state index in [1.165, 1.54) is 0 Å². The number of nitrogens with zero attached hydrogens (tertiary/aromatic N) is 1. The van der Waals surface area contributed by atoms with Crippen molar-refractivity contribution in [3.05, 3.63) is 59.4 Å². The van der Waals surface area contributed by atoms with Crippen molar-refractivity contribution in [1.82, 2.24) is 9.88 Å². The van der Waals surface area contributed by atoms with Gasteiger partial charge in [-0.2, -0.15) is 0 Å². The summed E-state index contributed by atoms with van der Waals surface area (Å²) in [6, 6.07) is 8.47. The molecule has 1 aromatic carbocycles. The van der Waals surface area contributed by atoms with Gasteiger partial charge in [0, 0.05) is 42.7 Å². The number of hydrogen-bond acceptors (Lipinski definition) is 3. The number of amides is 1. The summed E-state index contributed by atoms with van der Waals surface area (Å²) in [6.45, 7) is 5.13. The van der Waals surface area contributed by atoms with E-state index in [2.05, 4.69) is 4.98 Å². The number of aromatic amines is 1. The summed E-state index contributed by atoms with van der Waals surface area (Å²) >= 11 is 0. The predicted molar refractivity (Wildman–Crippen MR) is 90.5 cm³/mol. The number of carbonyl (C=O) groups excluding carboxylic acids is 2. The second-order valence-corrected chi connectivity index (χ2v) is 6.54. The molecule has 5 nitrogen and oxygen atoms in total. The monoisotopic (exact) mass is 313 g/mol. The zero-order chi connectivity index (χ0) is 17.0. The molecule has 0 atom stereocenters. The molecule has 0 fully saturated rings. The average Bonchev–Trinajstić information content (AvgIpc) is 3.07. The fraction of sp³-hybridized carbons (Fsp3) is 0.333. The van der Waals surface area contributed by atoms with Gasteiger partial charge in [0.2, 0.25) is 0 Å². The molecule has 0 saturated heterocycles. The molecule has 0 aliphatic rings. The molecule has 0 unspecified atom stereocenters. The lowest BCUT2D eigenvalue weighted by Crippen LogP contribution is -2.39. The molecular formula is C18H23N3O2. The van der Waals surface area contributed by atoms with Crippen LogP contribution in [0.25, 0.3) is 0 Å². The highest BCUT2D eigenvalue weighted by molar-refractivity contribution is 6.09. The normalized spacial score (nSPS) is 11.3. The molecule has 5 heteroatoms. The molecule has 0 spiro atoms. The van der Waals surface area contributed by atoms with Gasteiger partial charge in [-0.15, -0.1) is 0 Å². The number of benzene rings is 1. The Balaban J connectivity index is 2.10. The number of hydrogen-bond donors (Lipinski definition) is 2. The molecule has 1 aromatic heterocycles. The van der Waals surface area contributed by atoms with Crippen LogP contribution >= 0.6 is 0 Å². The Kier molecular flexibility index (Phi) is 5.01. The van der Waals surface area contributed by atoms with Gasteiger partial charge in [0.25, 0.3) is 5.91 Å². The minimum atomic E-state index is -0.130. The molecule has 0 aliphatic heterocycles. The maximum absolute atomic E-state index is 12.4. The van der Waals surface area contributed by atoms with Crippen LogP contribution in [0.15, 0.2) is 42.7 Å². The van der Waals surface area contributed by atoms with Crippen molar-refractivity contribution in [2.24, 2.45) is 11.1 Å². The number of nitrogens with one attached hydrogen (secondary N) is 1. The summed E-state index contributed by atoms with van der Waals surface area (Å²) < 4.78 is 0. The second-order valence-electron chi connectivity index (χ2n) is 6.54. The van der Waals surface area contributed by atoms with Crippen LogP contribution in [0.3, 0.4) is 0 Å². The molecule has 0 bridgehead atoms. The fourth-order valence-electron chi connectivity index (χ4n) is 2.39. The van der Waals surface area contributed by atoms with Gasteiger partial charge in [-0.05, 0) is 30.2 Å². The number of H-pyrrole nitrogens is 1. The summed E-state index contributed by atoms with van der Waals surface area (Å²) in [5.74, 6) is -0.143. The van der Waals surface area contributed by atoms with E-state index in [1.54, 1.807) is 54.7 Å². The van der Waals surface area contributed by atoms with E-state index in [0.717, 1.165) is 0 Å². The van der Waals surface area contributed by atoms with E-state index < -0.39 is 0 Å². The van der Waals surface area contributed by atoms with Crippen molar-refractivity contribution in [3.8, 4) is 0 Å². The molecule has 2 aromatic rings. The Bertz CT molecular complexity index is 673. The van der Waals surface area contributed by atoms with Crippen LogP contribution < -0.4 is 5.73 Å². The number of carbonyl (C=O) groups is 2. The second kappa shape index (κ2) is 6.79. The first-order valence-corrected chi connectivity index (χ1v) is 7.57. The highest BCUT2D eigenvalue weighted by Crippen LogP contribution is 2.17. The highest BCUT2D eigenvalue weighted by Gasteiger charge is 2.22. The van der Waals surface area contributed by atoms with Crippen molar-refractivity contribution in [3.63, 3.8) is 0 Å². The Morgan fingerprint density at radius 1 is 1.09 bits per heavy atom. The summed E-state index contributed by atoms with van der Waals surface area (Å²) in [5.41, 5.74) is 7.31. The Morgan fingerprint density at radius 2 is 1.70 bits per heavy atom. The predicted octanol–water partition coefficient (Wildman–Crippen LogP) is 2.30. The number of nitrogens with two attached hydrogens (primary N) is 1. The van der Waals surface area contributed by atoms with Crippen molar-refractivity contribution in [2.45, 2.75) is 13.8 Å². The molecule has 23 heavy (non-hydrogen) atoms. The lowest BCUT2D eigenvalue weighted by molar-refractivity contribution is 0.0740. The van der Waals surface area contributed by atoms with E-state index >= 15 is 0 Å². The summed E-state index contributed by atoms with van der Waals surface area (Å²) in [4.78, 5) is 29.2. The molecular weight excluding hydrogens is 290 g/mol. The Labute approximate surface area is 136 Å². The smallest absolute Gasteiger partial charge is 0.253 e. The zero-order valence-corrected chi connectivity index (χ0v) is 13.8. The number of aromatic nitrogens is 1.